The van der Waals surface area contributed by atoms with Crippen LogP contribution in [-0.4, -0.2) is 24.2 Å². The lowest BCUT2D eigenvalue weighted by molar-refractivity contribution is 0.0659. The Morgan fingerprint density at radius 1 is 1.38 bits per heavy atom. The highest BCUT2D eigenvalue weighted by Gasteiger charge is 2.15. The Balaban J connectivity index is 1.68. The molecule has 0 saturated heterocycles. The maximum absolute atomic E-state index is 14.1. The predicted molar refractivity (Wildman–Crippen MR) is 82.8 cm³/mol. The van der Waals surface area contributed by atoms with Crippen molar-refractivity contribution in [3.8, 4) is 0 Å². The van der Waals surface area contributed by atoms with Crippen LogP contribution in [0.25, 0.3) is 10.9 Å². The molecule has 1 aromatic carbocycles. The first-order chi connectivity index (χ1) is 10.3. The maximum atomic E-state index is 14.1. The molecule has 1 heterocycles. The van der Waals surface area contributed by atoms with Gasteiger partial charge in [-0.2, -0.15) is 0 Å². The number of pyridine rings is 1. The Bertz CT molecular complexity index is 626. The van der Waals surface area contributed by atoms with E-state index in [9.17, 15) is 4.39 Å². The topological polar surface area (TPSA) is 60.2 Å². The first-order valence-corrected chi connectivity index (χ1v) is 7.44. The summed E-state index contributed by atoms with van der Waals surface area (Å²) in [4.78, 5) is 4.24. The number of fused-ring (bicyclic) bond motifs is 1. The number of anilines is 2. The minimum atomic E-state index is -0.375. The molecule has 1 saturated carbocycles. The van der Waals surface area contributed by atoms with Crippen LogP contribution in [0.3, 0.4) is 0 Å². The van der Waals surface area contributed by atoms with Gasteiger partial charge in [-0.05, 0) is 31.0 Å². The van der Waals surface area contributed by atoms with Crippen LogP contribution in [0.5, 0.6) is 0 Å². The van der Waals surface area contributed by atoms with Gasteiger partial charge in [0.15, 0.2) is 5.82 Å². The monoisotopic (exact) mass is 289 g/mol. The smallest absolute Gasteiger partial charge is 0.150 e. The number of halogens is 1. The van der Waals surface area contributed by atoms with Gasteiger partial charge in [-0.1, -0.05) is 12.8 Å². The van der Waals surface area contributed by atoms with Crippen LogP contribution in [-0.2, 0) is 4.74 Å². The number of hydrogen-bond donors (Lipinski definition) is 2. The largest absolute Gasteiger partial charge is 0.398 e. The van der Waals surface area contributed by atoms with Gasteiger partial charge in [0.25, 0.3) is 0 Å². The molecule has 21 heavy (non-hydrogen) atoms. The van der Waals surface area contributed by atoms with Gasteiger partial charge in [-0.15, -0.1) is 0 Å². The van der Waals surface area contributed by atoms with Crippen LogP contribution in [0.4, 0.5) is 15.8 Å². The molecule has 112 valence electrons. The molecule has 3 N–H and O–H groups in total. The zero-order chi connectivity index (χ0) is 14.7. The molecule has 0 radical (unpaired) electrons. The second-order valence-corrected chi connectivity index (χ2v) is 5.43. The molecule has 1 aliphatic carbocycles. The number of nitrogens with two attached hydrogens (primary N) is 1. The molecule has 0 atom stereocenters. The van der Waals surface area contributed by atoms with Gasteiger partial charge in [0.05, 0.1) is 23.9 Å². The van der Waals surface area contributed by atoms with E-state index in [4.69, 9.17) is 10.5 Å². The van der Waals surface area contributed by atoms with Crippen molar-refractivity contribution in [2.75, 3.05) is 24.2 Å². The van der Waals surface area contributed by atoms with Crippen molar-refractivity contribution in [2.24, 2.45) is 0 Å². The zero-order valence-corrected chi connectivity index (χ0v) is 11.9. The summed E-state index contributed by atoms with van der Waals surface area (Å²) in [6.45, 7) is 1.13. The van der Waals surface area contributed by atoms with Crippen molar-refractivity contribution in [3.63, 3.8) is 0 Å². The standard InChI is InChI=1S/C16H20FN3O/c17-13-10-14(18)12-6-3-7-19-15(12)16(13)20-8-9-21-11-4-1-2-5-11/h3,6-7,10-11,20H,1-2,4-5,8-9,18H2. The highest BCUT2D eigenvalue weighted by molar-refractivity contribution is 5.98. The summed E-state index contributed by atoms with van der Waals surface area (Å²) < 4.78 is 19.9. The fourth-order valence-corrected chi connectivity index (χ4v) is 2.86. The number of nitrogens with zero attached hydrogens (tertiary/aromatic N) is 1. The molecule has 0 amide bonds. The minimum Gasteiger partial charge on any atom is -0.398 e. The summed E-state index contributed by atoms with van der Waals surface area (Å²) in [6, 6.07) is 4.98. The minimum absolute atomic E-state index is 0.373. The quantitative estimate of drug-likeness (QED) is 0.655. The van der Waals surface area contributed by atoms with E-state index in [1.165, 1.54) is 18.9 Å². The Morgan fingerprint density at radius 2 is 2.19 bits per heavy atom. The molecule has 1 fully saturated rings. The Hall–Kier alpha value is -1.88. The maximum Gasteiger partial charge on any atom is 0.150 e. The molecule has 2 aromatic rings. The number of ether oxygens (including phenoxy) is 1. The molecule has 0 bridgehead atoms. The van der Waals surface area contributed by atoms with Crippen molar-refractivity contribution < 1.29 is 9.13 Å². The van der Waals surface area contributed by atoms with Crippen LogP contribution in [0, 0.1) is 5.82 Å². The third-order valence-corrected chi connectivity index (χ3v) is 3.94. The van der Waals surface area contributed by atoms with Gasteiger partial charge in [0, 0.05) is 23.8 Å². The fourth-order valence-electron chi connectivity index (χ4n) is 2.86. The first-order valence-electron chi connectivity index (χ1n) is 7.44. The second kappa shape index (κ2) is 6.26. The Labute approximate surface area is 123 Å². The Kier molecular flexibility index (Phi) is 4.20. The van der Waals surface area contributed by atoms with Gasteiger partial charge in [0.2, 0.25) is 0 Å². The summed E-state index contributed by atoms with van der Waals surface area (Å²) in [5.74, 6) is -0.375. The molecule has 0 unspecified atom stereocenters. The van der Waals surface area contributed by atoms with Crippen LogP contribution >= 0.6 is 0 Å². The SMILES string of the molecule is Nc1cc(F)c(NCCOC2CCCC2)c2ncccc12. The third-order valence-electron chi connectivity index (χ3n) is 3.94. The summed E-state index contributed by atoms with van der Waals surface area (Å²) >= 11 is 0. The van der Waals surface area contributed by atoms with Crippen molar-refractivity contribution >= 4 is 22.3 Å². The number of hydrogen-bond acceptors (Lipinski definition) is 4. The molecular weight excluding hydrogens is 269 g/mol. The number of rotatable bonds is 5. The number of benzene rings is 1. The van der Waals surface area contributed by atoms with E-state index >= 15 is 0 Å². The van der Waals surface area contributed by atoms with E-state index in [2.05, 4.69) is 10.3 Å². The lowest BCUT2D eigenvalue weighted by Gasteiger charge is -2.14. The lowest BCUT2D eigenvalue weighted by Crippen LogP contribution is -2.16. The van der Waals surface area contributed by atoms with Gasteiger partial charge in [0.1, 0.15) is 0 Å². The summed E-state index contributed by atoms with van der Waals surface area (Å²) in [5.41, 5.74) is 7.20. The van der Waals surface area contributed by atoms with E-state index < -0.39 is 0 Å². The van der Waals surface area contributed by atoms with Crippen molar-refractivity contribution in [2.45, 2.75) is 31.8 Å². The van der Waals surface area contributed by atoms with E-state index in [-0.39, 0.29) is 5.82 Å². The summed E-state index contributed by atoms with van der Waals surface area (Å²) in [5, 5.41) is 3.85. The van der Waals surface area contributed by atoms with Crippen LogP contribution in [0.2, 0.25) is 0 Å². The number of nitrogen functional groups attached to an aromatic ring is 1. The normalized spacial score (nSPS) is 15.7. The second-order valence-electron chi connectivity index (χ2n) is 5.43. The molecule has 3 rings (SSSR count). The van der Waals surface area contributed by atoms with Crippen LogP contribution in [0.15, 0.2) is 24.4 Å². The highest BCUT2D eigenvalue weighted by atomic mass is 19.1. The van der Waals surface area contributed by atoms with E-state index in [1.807, 2.05) is 6.07 Å². The molecular formula is C16H20FN3O. The lowest BCUT2D eigenvalue weighted by atomic mass is 10.1. The molecule has 5 heteroatoms. The molecule has 1 aliphatic rings. The molecule has 0 spiro atoms. The molecule has 0 aliphatic heterocycles. The van der Waals surface area contributed by atoms with Crippen molar-refractivity contribution in [1.29, 1.82) is 0 Å². The molecule has 1 aromatic heterocycles. The van der Waals surface area contributed by atoms with Gasteiger partial charge >= 0.3 is 0 Å². The predicted octanol–water partition coefficient (Wildman–Crippen LogP) is 3.33. The number of nitrogens with one attached hydrogen (secondary N) is 1. The summed E-state index contributed by atoms with van der Waals surface area (Å²) in [7, 11) is 0. The van der Waals surface area contributed by atoms with Crippen LogP contribution in [0.1, 0.15) is 25.7 Å². The number of aromatic nitrogens is 1. The Morgan fingerprint density at radius 3 is 3.00 bits per heavy atom. The van der Waals surface area contributed by atoms with Crippen LogP contribution < -0.4 is 11.1 Å². The van der Waals surface area contributed by atoms with E-state index in [0.717, 1.165) is 18.2 Å². The van der Waals surface area contributed by atoms with Crippen molar-refractivity contribution in [1.82, 2.24) is 4.98 Å². The van der Waals surface area contributed by atoms with Gasteiger partial charge < -0.3 is 15.8 Å². The van der Waals surface area contributed by atoms with Crippen molar-refractivity contribution in [3.05, 3.63) is 30.2 Å². The average molecular weight is 289 g/mol. The fraction of sp³-hybridized carbons (Fsp3) is 0.438. The zero-order valence-electron chi connectivity index (χ0n) is 11.9. The van der Waals surface area contributed by atoms with Gasteiger partial charge in [-0.3, -0.25) is 4.98 Å². The first kappa shape index (κ1) is 14.1. The third kappa shape index (κ3) is 3.08. The van der Waals surface area contributed by atoms with E-state index in [1.54, 1.807) is 12.3 Å². The highest BCUT2D eigenvalue weighted by Crippen LogP contribution is 2.29. The van der Waals surface area contributed by atoms with E-state index in [0.29, 0.717) is 36.1 Å². The molecule has 4 nitrogen and oxygen atoms in total. The average Bonchev–Trinajstić information content (AvgIpc) is 2.99. The van der Waals surface area contributed by atoms with Gasteiger partial charge in [-0.25, -0.2) is 4.39 Å². The summed E-state index contributed by atoms with van der Waals surface area (Å²) in [6.07, 6.45) is 6.79.